The molecule has 4 N–H and O–H groups in total. The van der Waals surface area contributed by atoms with Gasteiger partial charge in [0.05, 0.1) is 43.3 Å². The number of nitrogens with zero attached hydrogens (tertiary/aromatic N) is 3. The molecule has 1 aliphatic heterocycles. The lowest BCUT2D eigenvalue weighted by Crippen LogP contribution is -2.28. The van der Waals surface area contributed by atoms with Gasteiger partial charge in [-0.25, -0.2) is 13.8 Å². The van der Waals surface area contributed by atoms with Crippen molar-refractivity contribution < 1.29 is 27.8 Å². The zero-order valence-corrected chi connectivity index (χ0v) is 20.1. The lowest BCUT2D eigenvalue weighted by atomic mass is 10.1. The van der Waals surface area contributed by atoms with Gasteiger partial charge in [-0.1, -0.05) is 5.92 Å². The number of amides is 1. The van der Waals surface area contributed by atoms with E-state index in [1.807, 2.05) is 0 Å². The molecule has 0 radical (unpaired) electrons. The first kappa shape index (κ1) is 25.2. The van der Waals surface area contributed by atoms with Crippen LogP contribution in [0.15, 0.2) is 12.3 Å². The Morgan fingerprint density at radius 2 is 1.97 bits per heavy atom. The molecule has 190 valence electrons. The van der Waals surface area contributed by atoms with Crippen LogP contribution in [0.3, 0.4) is 0 Å². The van der Waals surface area contributed by atoms with Gasteiger partial charge in [0.15, 0.2) is 23.1 Å². The Morgan fingerprint density at radius 1 is 1.25 bits per heavy atom. The van der Waals surface area contributed by atoms with Gasteiger partial charge in [0, 0.05) is 32.5 Å². The molecule has 1 aromatic carbocycles. The fourth-order valence-electron chi connectivity index (χ4n) is 4.04. The van der Waals surface area contributed by atoms with Crippen molar-refractivity contribution in [3.05, 3.63) is 40.7 Å². The fourth-order valence-corrected chi connectivity index (χ4v) is 4.04. The first-order valence-corrected chi connectivity index (χ1v) is 11.2. The van der Waals surface area contributed by atoms with E-state index < -0.39 is 17.2 Å². The Morgan fingerprint density at radius 3 is 2.58 bits per heavy atom. The van der Waals surface area contributed by atoms with Gasteiger partial charge < -0.3 is 30.6 Å². The third kappa shape index (κ3) is 4.62. The van der Waals surface area contributed by atoms with Crippen LogP contribution in [-0.4, -0.2) is 68.2 Å². The molecule has 1 aliphatic rings. The summed E-state index contributed by atoms with van der Waals surface area (Å²) in [5.41, 5.74) is 6.48. The molecule has 1 saturated heterocycles. The van der Waals surface area contributed by atoms with Gasteiger partial charge in [0.25, 0.3) is 5.91 Å². The highest BCUT2D eigenvalue weighted by molar-refractivity contribution is 6.09. The Bertz CT molecular complexity index is 1330. The van der Waals surface area contributed by atoms with Crippen LogP contribution >= 0.6 is 0 Å². The molecule has 10 nitrogen and oxygen atoms in total. The summed E-state index contributed by atoms with van der Waals surface area (Å²) in [5.74, 6) is 2.55. The summed E-state index contributed by atoms with van der Waals surface area (Å²) in [6.07, 6.45) is 2.14. The number of fused-ring (bicyclic) bond motifs is 1. The van der Waals surface area contributed by atoms with E-state index in [1.54, 1.807) is 4.68 Å². The fraction of sp³-hybridized carbons (Fsp3) is 0.375. The maximum absolute atomic E-state index is 14.9. The summed E-state index contributed by atoms with van der Waals surface area (Å²) < 4.78 is 46.4. The van der Waals surface area contributed by atoms with Gasteiger partial charge in [-0.15, -0.1) is 0 Å². The van der Waals surface area contributed by atoms with Crippen molar-refractivity contribution in [1.82, 2.24) is 25.4 Å². The van der Waals surface area contributed by atoms with Crippen LogP contribution in [0.5, 0.6) is 11.5 Å². The largest absolute Gasteiger partial charge is 0.493 e. The van der Waals surface area contributed by atoms with Gasteiger partial charge >= 0.3 is 0 Å². The van der Waals surface area contributed by atoms with E-state index in [0.717, 1.165) is 19.0 Å². The SMILES string of the molecule is COCCNC(=O)c1cnc(N)c2c(C#Cc3c(F)c(OC)cc(OC)c3F)nn(C3CCNC3)c12. The molecule has 12 heteroatoms. The lowest BCUT2D eigenvalue weighted by molar-refractivity contribution is 0.0938. The van der Waals surface area contributed by atoms with Crippen LogP contribution in [0.4, 0.5) is 14.6 Å². The van der Waals surface area contributed by atoms with Crippen LogP contribution in [0.2, 0.25) is 0 Å². The number of nitrogen functional groups attached to an aromatic ring is 1. The van der Waals surface area contributed by atoms with Gasteiger partial charge in [-0.2, -0.15) is 5.10 Å². The molecule has 3 heterocycles. The predicted octanol–water partition coefficient (Wildman–Crippen LogP) is 1.62. The number of hydrogen-bond acceptors (Lipinski definition) is 8. The number of nitrogens with one attached hydrogen (secondary N) is 2. The number of halogens is 2. The summed E-state index contributed by atoms with van der Waals surface area (Å²) in [7, 11) is 4.04. The van der Waals surface area contributed by atoms with E-state index in [1.165, 1.54) is 27.5 Å². The number of benzene rings is 1. The Kier molecular flexibility index (Phi) is 7.52. The number of ether oxygens (including phenoxy) is 3. The maximum atomic E-state index is 14.9. The van der Waals surface area contributed by atoms with Crippen molar-refractivity contribution >= 4 is 22.6 Å². The Balaban J connectivity index is 1.90. The van der Waals surface area contributed by atoms with Crippen molar-refractivity contribution in [2.24, 2.45) is 0 Å². The molecule has 1 fully saturated rings. The number of anilines is 1. The van der Waals surface area contributed by atoms with Gasteiger partial charge in [0.2, 0.25) is 0 Å². The molecule has 2 aromatic heterocycles. The second-order valence-electron chi connectivity index (χ2n) is 8.00. The monoisotopic (exact) mass is 500 g/mol. The summed E-state index contributed by atoms with van der Waals surface area (Å²) >= 11 is 0. The van der Waals surface area contributed by atoms with Crippen molar-refractivity contribution in [2.75, 3.05) is 53.3 Å². The molecule has 0 spiro atoms. The van der Waals surface area contributed by atoms with E-state index in [9.17, 15) is 13.6 Å². The Hall–Kier alpha value is -3.95. The third-order valence-electron chi connectivity index (χ3n) is 5.85. The molecule has 0 bridgehead atoms. The molecule has 1 unspecified atom stereocenters. The van der Waals surface area contributed by atoms with Crippen molar-refractivity contribution in [1.29, 1.82) is 0 Å². The second kappa shape index (κ2) is 10.8. The number of nitrogens with two attached hydrogens (primary N) is 1. The lowest BCUT2D eigenvalue weighted by Gasteiger charge is -2.13. The molecule has 1 amide bonds. The van der Waals surface area contributed by atoms with E-state index in [2.05, 4.69) is 32.6 Å². The van der Waals surface area contributed by atoms with Gasteiger partial charge in [-0.3, -0.25) is 9.48 Å². The molecule has 1 atom stereocenters. The topological polar surface area (TPSA) is 126 Å². The number of rotatable bonds is 7. The van der Waals surface area contributed by atoms with Crippen LogP contribution in [0, 0.1) is 23.5 Å². The normalized spacial score (nSPS) is 15.0. The second-order valence-corrected chi connectivity index (χ2v) is 8.00. The number of carbonyl (C=O) groups is 1. The van der Waals surface area contributed by atoms with E-state index >= 15 is 0 Å². The number of methoxy groups -OCH3 is 3. The van der Waals surface area contributed by atoms with Crippen LogP contribution < -0.4 is 25.8 Å². The quantitative estimate of drug-likeness (QED) is 0.330. The minimum absolute atomic E-state index is 0.0826. The summed E-state index contributed by atoms with van der Waals surface area (Å²) in [5, 5.41) is 11.0. The Labute approximate surface area is 206 Å². The molecular weight excluding hydrogens is 474 g/mol. The standard InChI is InChI=1S/C24H26F2N6O4/c1-34-9-8-29-24(33)15-12-30-23(27)19-16(31-32(22(15)19)13-6-7-28-11-13)5-4-14-20(25)17(35-2)10-18(36-3)21(14)26/h10,12-13,28H,6-9,11H2,1-3H3,(H2,27,30)(H,29,33). The zero-order valence-electron chi connectivity index (χ0n) is 20.1. The molecule has 4 rings (SSSR count). The van der Waals surface area contributed by atoms with Crippen molar-refractivity contribution in [3.63, 3.8) is 0 Å². The molecular formula is C24H26F2N6O4. The highest BCUT2D eigenvalue weighted by Gasteiger charge is 2.27. The summed E-state index contributed by atoms with van der Waals surface area (Å²) in [6.45, 7) is 2.01. The van der Waals surface area contributed by atoms with Crippen LogP contribution in [0.25, 0.3) is 10.9 Å². The number of carbonyl (C=O) groups excluding carboxylic acids is 1. The summed E-state index contributed by atoms with van der Waals surface area (Å²) in [4.78, 5) is 17.1. The third-order valence-corrected chi connectivity index (χ3v) is 5.85. The van der Waals surface area contributed by atoms with E-state index in [4.69, 9.17) is 19.9 Å². The highest BCUT2D eigenvalue weighted by Crippen LogP contribution is 2.32. The van der Waals surface area contributed by atoms with Gasteiger partial charge in [-0.05, 0) is 18.9 Å². The maximum Gasteiger partial charge on any atom is 0.255 e. The molecule has 0 aliphatic carbocycles. The van der Waals surface area contributed by atoms with Crippen molar-refractivity contribution in [2.45, 2.75) is 12.5 Å². The minimum Gasteiger partial charge on any atom is -0.493 e. The minimum atomic E-state index is -0.976. The number of pyridine rings is 1. The van der Waals surface area contributed by atoms with Crippen molar-refractivity contribution in [3.8, 4) is 23.3 Å². The number of aromatic nitrogens is 3. The molecule has 0 saturated carbocycles. The number of hydrogen-bond donors (Lipinski definition) is 3. The average Bonchev–Trinajstić information content (AvgIpc) is 3.53. The summed E-state index contributed by atoms with van der Waals surface area (Å²) in [6, 6.07) is 1.02. The first-order chi connectivity index (χ1) is 17.4. The first-order valence-electron chi connectivity index (χ1n) is 11.2. The predicted molar refractivity (Wildman–Crippen MR) is 128 cm³/mol. The van der Waals surface area contributed by atoms with E-state index in [0.29, 0.717) is 30.6 Å². The van der Waals surface area contributed by atoms with Crippen LogP contribution in [-0.2, 0) is 4.74 Å². The van der Waals surface area contributed by atoms with E-state index in [-0.39, 0.29) is 40.5 Å². The van der Waals surface area contributed by atoms with Gasteiger partial charge in [0.1, 0.15) is 17.1 Å². The molecule has 36 heavy (non-hydrogen) atoms. The smallest absolute Gasteiger partial charge is 0.255 e. The zero-order chi connectivity index (χ0) is 25.8. The van der Waals surface area contributed by atoms with Crippen LogP contribution in [0.1, 0.15) is 34.1 Å². The average molecular weight is 501 g/mol. The highest BCUT2D eigenvalue weighted by atomic mass is 19.1. The molecule has 3 aromatic rings.